The standard InChI is InChI=1S/C20H23N3O3/c1-14(5-6-15-7-9-17(25-2)10-8-15)22-20(24)19-12-18(23-26-19)16-4-3-11-21-13-16/h3-4,7-11,13-14,19H,5-6,12H2,1-2H3,(H,22,24)/t14-,19-/m0/s1. The molecule has 6 heteroatoms. The third kappa shape index (κ3) is 4.59. The molecule has 1 aromatic heterocycles. The molecule has 1 N–H and O–H groups in total. The molecule has 3 rings (SSSR count). The van der Waals surface area contributed by atoms with Gasteiger partial charge >= 0.3 is 0 Å². The Labute approximate surface area is 153 Å². The molecule has 6 nitrogen and oxygen atoms in total. The van der Waals surface area contributed by atoms with Gasteiger partial charge in [0.05, 0.1) is 12.8 Å². The van der Waals surface area contributed by atoms with Crippen LogP contribution in [0.4, 0.5) is 0 Å². The second-order valence-electron chi connectivity index (χ2n) is 6.37. The van der Waals surface area contributed by atoms with E-state index in [2.05, 4.69) is 15.5 Å². The number of nitrogens with one attached hydrogen (secondary N) is 1. The number of hydrogen-bond donors (Lipinski definition) is 1. The zero-order chi connectivity index (χ0) is 18.4. The number of nitrogens with zero attached hydrogens (tertiary/aromatic N) is 2. The smallest absolute Gasteiger partial charge is 0.264 e. The molecule has 1 aliphatic rings. The molecule has 0 aliphatic carbocycles. The fourth-order valence-corrected chi connectivity index (χ4v) is 2.81. The van der Waals surface area contributed by atoms with Crippen molar-refractivity contribution in [3.8, 4) is 5.75 Å². The molecule has 0 saturated heterocycles. The number of aryl methyl sites for hydroxylation is 1. The van der Waals surface area contributed by atoms with E-state index in [0.717, 1.165) is 29.9 Å². The summed E-state index contributed by atoms with van der Waals surface area (Å²) in [6.45, 7) is 2.00. The quantitative estimate of drug-likeness (QED) is 0.831. The lowest BCUT2D eigenvalue weighted by atomic mass is 10.0. The van der Waals surface area contributed by atoms with Crippen molar-refractivity contribution in [2.45, 2.75) is 38.3 Å². The topological polar surface area (TPSA) is 72.8 Å². The highest BCUT2D eigenvalue weighted by atomic mass is 16.6. The number of amides is 1. The summed E-state index contributed by atoms with van der Waals surface area (Å²) >= 11 is 0. The minimum atomic E-state index is -0.575. The molecule has 2 heterocycles. The average molecular weight is 353 g/mol. The first-order valence-electron chi connectivity index (χ1n) is 8.72. The zero-order valence-corrected chi connectivity index (χ0v) is 15.0. The number of rotatable bonds is 7. The minimum absolute atomic E-state index is 0.0515. The fourth-order valence-electron chi connectivity index (χ4n) is 2.81. The Kier molecular flexibility index (Phi) is 5.84. The summed E-state index contributed by atoms with van der Waals surface area (Å²) < 4.78 is 5.16. The zero-order valence-electron chi connectivity index (χ0n) is 15.0. The number of methoxy groups -OCH3 is 1. The molecule has 0 radical (unpaired) electrons. The summed E-state index contributed by atoms with van der Waals surface area (Å²) in [7, 11) is 1.65. The van der Waals surface area contributed by atoms with Crippen molar-refractivity contribution < 1.29 is 14.4 Å². The van der Waals surface area contributed by atoms with Gasteiger partial charge in [0, 0.05) is 30.4 Å². The van der Waals surface area contributed by atoms with E-state index in [9.17, 15) is 4.79 Å². The molecule has 26 heavy (non-hydrogen) atoms. The van der Waals surface area contributed by atoms with E-state index in [-0.39, 0.29) is 11.9 Å². The predicted molar refractivity (Wildman–Crippen MR) is 99.2 cm³/mol. The van der Waals surface area contributed by atoms with Gasteiger partial charge in [0.1, 0.15) is 5.75 Å². The number of ether oxygens (including phenoxy) is 1. The average Bonchev–Trinajstić information content (AvgIpc) is 3.18. The Hall–Kier alpha value is -2.89. The lowest BCUT2D eigenvalue weighted by Crippen LogP contribution is -2.40. The normalized spacial score (nSPS) is 17.2. The van der Waals surface area contributed by atoms with Gasteiger partial charge in [0.25, 0.3) is 5.91 Å². The van der Waals surface area contributed by atoms with Crippen LogP contribution in [0, 0.1) is 0 Å². The Bertz CT molecular complexity index is 760. The van der Waals surface area contributed by atoms with Crippen LogP contribution >= 0.6 is 0 Å². The SMILES string of the molecule is COc1ccc(CC[C@H](C)NC(=O)[C@@H]2CC(c3cccnc3)=NO2)cc1. The summed E-state index contributed by atoms with van der Waals surface area (Å²) in [5.74, 6) is 0.716. The molecule has 2 atom stereocenters. The third-order valence-electron chi connectivity index (χ3n) is 4.37. The van der Waals surface area contributed by atoms with Crippen LogP contribution in [0.5, 0.6) is 5.75 Å². The highest BCUT2D eigenvalue weighted by molar-refractivity contribution is 6.03. The Balaban J connectivity index is 1.44. The van der Waals surface area contributed by atoms with Crippen LogP contribution in [0.3, 0.4) is 0 Å². The highest BCUT2D eigenvalue weighted by Crippen LogP contribution is 2.17. The van der Waals surface area contributed by atoms with Gasteiger partial charge in [-0.3, -0.25) is 9.78 Å². The number of pyridine rings is 1. The largest absolute Gasteiger partial charge is 0.497 e. The summed E-state index contributed by atoms with van der Waals surface area (Å²) in [5, 5.41) is 7.04. The maximum atomic E-state index is 12.4. The van der Waals surface area contributed by atoms with E-state index in [0.29, 0.717) is 6.42 Å². The van der Waals surface area contributed by atoms with Crippen molar-refractivity contribution in [3.63, 3.8) is 0 Å². The number of oxime groups is 1. The number of hydrogen-bond acceptors (Lipinski definition) is 5. The van der Waals surface area contributed by atoms with Gasteiger partial charge in [-0.2, -0.15) is 0 Å². The molecule has 0 spiro atoms. The van der Waals surface area contributed by atoms with Gasteiger partial charge in [-0.15, -0.1) is 0 Å². The van der Waals surface area contributed by atoms with Gasteiger partial charge < -0.3 is 14.9 Å². The van der Waals surface area contributed by atoms with Crippen LogP contribution in [0.25, 0.3) is 0 Å². The van der Waals surface area contributed by atoms with Gasteiger partial charge in [0.15, 0.2) is 0 Å². The Morgan fingerprint density at radius 2 is 2.15 bits per heavy atom. The van der Waals surface area contributed by atoms with Crippen molar-refractivity contribution in [3.05, 3.63) is 59.9 Å². The summed E-state index contributed by atoms with van der Waals surface area (Å²) in [4.78, 5) is 21.8. The van der Waals surface area contributed by atoms with Crippen molar-refractivity contribution in [2.24, 2.45) is 5.16 Å². The molecule has 0 saturated carbocycles. The van der Waals surface area contributed by atoms with E-state index < -0.39 is 6.10 Å². The number of benzene rings is 1. The third-order valence-corrected chi connectivity index (χ3v) is 4.37. The Morgan fingerprint density at radius 1 is 1.35 bits per heavy atom. The first-order chi connectivity index (χ1) is 12.7. The van der Waals surface area contributed by atoms with E-state index in [4.69, 9.17) is 9.57 Å². The molecular weight excluding hydrogens is 330 g/mol. The van der Waals surface area contributed by atoms with Crippen LogP contribution in [0.15, 0.2) is 53.9 Å². The number of carbonyl (C=O) groups is 1. The molecular formula is C20H23N3O3. The van der Waals surface area contributed by atoms with E-state index in [1.165, 1.54) is 5.56 Å². The monoisotopic (exact) mass is 353 g/mol. The highest BCUT2D eigenvalue weighted by Gasteiger charge is 2.29. The van der Waals surface area contributed by atoms with E-state index in [1.807, 2.05) is 43.3 Å². The molecule has 1 amide bonds. The van der Waals surface area contributed by atoms with Gasteiger partial charge in [-0.1, -0.05) is 17.3 Å². The predicted octanol–water partition coefficient (Wildman–Crippen LogP) is 2.72. The van der Waals surface area contributed by atoms with Crippen LogP contribution in [-0.4, -0.2) is 35.9 Å². The maximum Gasteiger partial charge on any atom is 0.264 e. The van der Waals surface area contributed by atoms with Crippen LogP contribution < -0.4 is 10.1 Å². The molecule has 0 unspecified atom stereocenters. The molecule has 1 aromatic carbocycles. The molecule has 2 aromatic rings. The molecule has 0 bridgehead atoms. The van der Waals surface area contributed by atoms with Gasteiger partial charge in [-0.25, -0.2) is 0 Å². The second kappa shape index (κ2) is 8.47. The lowest BCUT2D eigenvalue weighted by Gasteiger charge is -2.16. The minimum Gasteiger partial charge on any atom is -0.497 e. The molecule has 0 fully saturated rings. The van der Waals surface area contributed by atoms with Crippen molar-refractivity contribution >= 4 is 11.6 Å². The first kappa shape index (κ1) is 17.9. The Morgan fingerprint density at radius 3 is 2.85 bits per heavy atom. The summed E-state index contributed by atoms with van der Waals surface area (Å²) in [6.07, 6.45) is 5.04. The van der Waals surface area contributed by atoms with Crippen molar-refractivity contribution in [1.29, 1.82) is 0 Å². The lowest BCUT2D eigenvalue weighted by molar-refractivity contribution is -0.131. The van der Waals surface area contributed by atoms with Crippen molar-refractivity contribution in [2.75, 3.05) is 7.11 Å². The van der Waals surface area contributed by atoms with Gasteiger partial charge in [-0.05, 0) is 49.6 Å². The van der Waals surface area contributed by atoms with Crippen LogP contribution in [0.1, 0.15) is 30.9 Å². The van der Waals surface area contributed by atoms with Crippen LogP contribution in [0.2, 0.25) is 0 Å². The number of aromatic nitrogens is 1. The first-order valence-corrected chi connectivity index (χ1v) is 8.72. The maximum absolute atomic E-state index is 12.4. The van der Waals surface area contributed by atoms with E-state index in [1.54, 1.807) is 19.5 Å². The summed E-state index contributed by atoms with van der Waals surface area (Å²) in [5.41, 5.74) is 2.85. The van der Waals surface area contributed by atoms with Gasteiger partial charge in [0.2, 0.25) is 6.10 Å². The van der Waals surface area contributed by atoms with E-state index >= 15 is 0 Å². The number of carbonyl (C=O) groups excluding carboxylic acids is 1. The summed E-state index contributed by atoms with van der Waals surface area (Å²) in [6, 6.07) is 11.8. The van der Waals surface area contributed by atoms with Crippen LogP contribution in [-0.2, 0) is 16.1 Å². The fraction of sp³-hybridized carbons (Fsp3) is 0.350. The molecule has 136 valence electrons. The second-order valence-corrected chi connectivity index (χ2v) is 6.37. The van der Waals surface area contributed by atoms with Crippen molar-refractivity contribution in [1.82, 2.24) is 10.3 Å². The molecule has 1 aliphatic heterocycles.